The van der Waals surface area contributed by atoms with Gasteiger partial charge in [-0.2, -0.15) is 0 Å². The van der Waals surface area contributed by atoms with Crippen molar-refractivity contribution in [3.63, 3.8) is 0 Å². The molecule has 0 rings (SSSR count). The summed E-state index contributed by atoms with van der Waals surface area (Å²) >= 11 is 0. The minimum absolute atomic E-state index is 0.0319. The summed E-state index contributed by atoms with van der Waals surface area (Å²) < 4.78 is 35.9. The van der Waals surface area contributed by atoms with E-state index in [4.69, 9.17) is 9.84 Å². The number of carbonyl (C=O) groups excluding carboxylic acids is 1. The molecule has 8 nitrogen and oxygen atoms in total. The minimum atomic E-state index is -4.41. The predicted molar refractivity (Wildman–Crippen MR) is 118 cm³/mol. The largest absolute Gasteiger partial charge is 0.726 e. The van der Waals surface area contributed by atoms with Crippen molar-refractivity contribution in [3.05, 3.63) is 0 Å². The molecule has 30 heavy (non-hydrogen) atoms. The highest BCUT2D eigenvalue weighted by atomic mass is 32.3. The highest BCUT2D eigenvalue weighted by Crippen LogP contribution is 2.13. The lowest BCUT2D eigenvalue weighted by atomic mass is 10.0. The van der Waals surface area contributed by atoms with E-state index >= 15 is 0 Å². The zero-order valence-corrected chi connectivity index (χ0v) is 20.3. The third-order valence-electron chi connectivity index (χ3n) is 4.15. The zero-order valence-electron chi connectivity index (χ0n) is 19.5. The van der Waals surface area contributed by atoms with Gasteiger partial charge >= 0.3 is 5.97 Å². The second-order valence-corrected chi connectivity index (χ2v) is 8.10. The van der Waals surface area contributed by atoms with Crippen molar-refractivity contribution in [2.24, 2.45) is 0 Å². The van der Waals surface area contributed by atoms with Gasteiger partial charge in [0.05, 0.1) is 26.9 Å². The molecule has 0 spiro atoms. The van der Waals surface area contributed by atoms with Gasteiger partial charge in [0.2, 0.25) is 10.4 Å². The first-order valence-electron chi connectivity index (χ1n) is 11.4. The molecule has 0 radical (unpaired) electrons. The smallest absolute Gasteiger partial charge is 0.305 e. The van der Waals surface area contributed by atoms with Crippen molar-refractivity contribution >= 4 is 16.4 Å². The molecule has 0 aromatic carbocycles. The van der Waals surface area contributed by atoms with Crippen molar-refractivity contribution in [2.75, 3.05) is 26.9 Å². The van der Waals surface area contributed by atoms with Gasteiger partial charge in [0, 0.05) is 6.42 Å². The number of aliphatic hydroxyl groups is 1. The van der Waals surface area contributed by atoms with Gasteiger partial charge in [0.1, 0.15) is 0 Å². The van der Waals surface area contributed by atoms with Crippen molar-refractivity contribution in [1.29, 1.82) is 0 Å². The summed E-state index contributed by atoms with van der Waals surface area (Å²) in [6.07, 6.45) is 18.0. The van der Waals surface area contributed by atoms with Crippen molar-refractivity contribution in [3.8, 4) is 0 Å². The number of carbonyl (C=O) groups is 1. The van der Waals surface area contributed by atoms with Crippen LogP contribution in [0.3, 0.4) is 0 Å². The van der Waals surface area contributed by atoms with Crippen LogP contribution in [0.5, 0.6) is 0 Å². The van der Waals surface area contributed by atoms with Crippen LogP contribution in [0.2, 0.25) is 0 Å². The van der Waals surface area contributed by atoms with Crippen LogP contribution in [-0.2, 0) is 24.1 Å². The molecule has 0 fully saturated rings. The quantitative estimate of drug-likeness (QED) is 0.148. The lowest BCUT2D eigenvalue weighted by Gasteiger charge is -2.03. The fraction of sp³-hybridized carbons (Fsp3) is 0.952. The Morgan fingerprint density at radius 2 is 1.20 bits per heavy atom. The fourth-order valence-electron chi connectivity index (χ4n) is 2.52. The van der Waals surface area contributed by atoms with E-state index in [2.05, 4.69) is 16.8 Å². The van der Waals surface area contributed by atoms with E-state index in [0.29, 0.717) is 19.6 Å². The monoisotopic (exact) mass is 457 g/mol. The second kappa shape index (κ2) is 28.3. The summed E-state index contributed by atoms with van der Waals surface area (Å²) in [5, 5.41) is 7.81. The molecule has 0 atom stereocenters. The minimum Gasteiger partial charge on any atom is -0.726 e. The summed E-state index contributed by atoms with van der Waals surface area (Å²) in [6.45, 7) is 5.48. The van der Waals surface area contributed by atoms with Crippen LogP contribution in [-0.4, -0.2) is 50.9 Å². The van der Waals surface area contributed by atoms with Crippen molar-refractivity contribution in [2.45, 2.75) is 104 Å². The number of aliphatic hydroxyl groups excluding tert-OH is 1. The molecule has 0 aromatic rings. The van der Waals surface area contributed by atoms with Crippen molar-refractivity contribution in [1.82, 2.24) is 0 Å². The molecule has 0 unspecified atom stereocenters. The highest BCUT2D eigenvalue weighted by molar-refractivity contribution is 7.80. The molecule has 0 aliphatic heterocycles. The van der Waals surface area contributed by atoms with E-state index in [1.54, 1.807) is 0 Å². The Hall–Kier alpha value is -0.740. The number of esters is 1. The maximum absolute atomic E-state index is 11.1. The standard InChI is InChI=1S/C18H36O2.C2H7NO.CH4O4S/c1-3-5-6-7-8-9-10-11-12-13-14-15-16-17-18(19)20-4-2;3-1-2-4;1-5-6(2,3)4/h3-17H2,1-2H3;4H,1-3H2;1H3,(H,2,3,4). The van der Waals surface area contributed by atoms with Gasteiger partial charge < -0.3 is 20.1 Å². The molecular formula is C21H47NO7S. The number of hydrogen-bond donors (Lipinski definition) is 2. The first kappa shape index (κ1) is 33.9. The molecule has 9 heteroatoms. The van der Waals surface area contributed by atoms with Gasteiger partial charge in [-0.1, -0.05) is 84.0 Å². The van der Waals surface area contributed by atoms with Crippen LogP contribution in [0.4, 0.5) is 0 Å². The van der Waals surface area contributed by atoms with Crippen molar-refractivity contribution < 1.29 is 37.5 Å². The second-order valence-electron chi connectivity index (χ2n) is 6.95. The molecule has 0 aliphatic carbocycles. The van der Waals surface area contributed by atoms with E-state index < -0.39 is 10.4 Å². The molecule has 0 saturated heterocycles. The molecule has 4 N–H and O–H groups in total. The summed E-state index contributed by atoms with van der Waals surface area (Å²) in [6, 6.07) is 0. The summed E-state index contributed by atoms with van der Waals surface area (Å²) in [5.41, 5.74) is 3.35. The van der Waals surface area contributed by atoms with E-state index in [9.17, 15) is 17.8 Å². The molecule has 184 valence electrons. The number of rotatable bonds is 17. The number of unbranched alkanes of at least 4 members (excludes halogenated alkanes) is 12. The Balaban J connectivity index is -0.000000600. The Kier molecular flexibility index (Phi) is 31.9. The number of hydrogen-bond acceptors (Lipinski definition) is 7. The number of quaternary nitrogens is 1. The summed E-state index contributed by atoms with van der Waals surface area (Å²) in [7, 11) is -3.60. The Bertz CT molecular complexity index is 429. The molecule has 0 amide bonds. The Morgan fingerprint density at radius 1 is 0.867 bits per heavy atom. The highest BCUT2D eigenvalue weighted by Gasteiger charge is 2.00. The first-order valence-corrected chi connectivity index (χ1v) is 12.7. The Labute approximate surface area is 184 Å². The van der Waals surface area contributed by atoms with E-state index in [1.165, 1.54) is 77.0 Å². The van der Waals surface area contributed by atoms with Crippen LogP contribution in [0, 0.1) is 0 Å². The normalized spacial score (nSPS) is 10.5. The fourth-order valence-corrected chi connectivity index (χ4v) is 2.52. The SMILES string of the molecule is CCCCCCCCCCCCCCCC(=O)OCC.COS(=O)(=O)[O-].[NH3+]CCO. The molecule has 0 bridgehead atoms. The van der Waals surface area contributed by atoms with Crippen LogP contribution in [0.25, 0.3) is 0 Å². The third kappa shape index (κ3) is 41.6. The van der Waals surface area contributed by atoms with E-state index in [-0.39, 0.29) is 12.6 Å². The maximum Gasteiger partial charge on any atom is 0.305 e. The van der Waals surface area contributed by atoms with Crippen LogP contribution in [0.15, 0.2) is 0 Å². The van der Waals surface area contributed by atoms with Gasteiger partial charge in [-0.05, 0) is 13.3 Å². The Morgan fingerprint density at radius 3 is 1.47 bits per heavy atom. The van der Waals surface area contributed by atoms with E-state index in [0.717, 1.165) is 13.5 Å². The van der Waals surface area contributed by atoms with Gasteiger partial charge in [0.25, 0.3) is 0 Å². The molecule has 0 heterocycles. The van der Waals surface area contributed by atoms with Crippen LogP contribution in [0.1, 0.15) is 104 Å². The first-order chi connectivity index (χ1) is 14.3. The maximum atomic E-state index is 11.1. The summed E-state index contributed by atoms with van der Waals surface area (Å²) in [4.78, 5) is 11.1. The number of ether oxygens (including phenoxy) is 1. The lowest BCUT2D eigenvalue weighted by molar-refractivity contribution is -0.372. The van der Waals surface area contributed by atoms with Gasteiger partial charge in [-0.25, -0.2) is 8.42 Å². The zero-order chi connectivity index (χ0) is 23.5. The van der Waals surface area contributed by atoms with Crippen LogP contribution < -0.4 is 5.73 Å². The van der Waals surface area contributed by atoms with Gasteiger partial charge in [0.15, 0.2) is 0 Å². The molecule has 0 saturated carbocycles. The van der Waals surface area contributed by atoms with Crippen LogP contribution >= 0.6 is 0 Å². The molecule has 0 aromatic heterocycles. The molecule has 0 aliphatic rings. The summed E-state index contributed by atoms with van der Waals surface area (Å²) in [5.74, 6) is -0.0319. The predicted octanol–water partition coefficient (Wildman–Crippen LogP) is 3.34. The van der Waals surface area contributed by atoms with E-state index in [1.807, 2.05) is 6.92 Å². The van der Waals surface area contributed by atoms with Gasteiger partial charge in [-0.15, -0.1) is 0 Å². The average Bonchev–Trinajstić information content (AvgIpc) is 2.71. The average molecular weight is 458 g/mol. The topological polar surface area (TPSA) is 141 Å². The molecular weight excluding hydrogens is 410 g/mol. The lowest BCUT2D eigenvalue weighted by Crippen LogP contribution is -2.51. The van der Waals surface area contributed by atoms with Gasteiger partial charge in [-0.3, -0.25) is 8.98 Å². The third-order valence-corrected chi connectivity index (χ3v) is 4.56.